The van der Waals surface area contributed by atoms with Crippen LogP contribution < -0.4 is 0 Å². The summed E-state index contributed by atoms with van der Waals surface area (Å²) in [4.78, 5) is 0. The fourth-order valence-corrected chi connectivity index (χ4v) is 4.28. The minimum atomic E-state index is 1.25. The van der Waals surface area contributed by atoms with Crippen LogP contribution in [0.15, 0.2) is 78.9 Å². The van der Waals surface area contributed by atoms with Crippen molar-refractivity contribution in [2.45, 2.75) is 0 Å². The molecule has 1 aliphatic rings. The number of rotatable bonds is 1. The monoisotopic (exact) mass is 317 g/mol. The zero-order valence-corrected chi connectivity index (χ0v) is 13.6. The first-order valence-electron chi connectivity index (χ1n) is 8.64. The van der Waals surface area contributed by atoms with Gasteiger partial charge in [-0.2, -0.15) is 0 Å². The van der Waals surface area contributed by atoms with Crippen molar-refractivity contribution in [3.63, 3.8) is 0 Å². The van der Waals surface area contributed by atoms with Crippen LogP contribution in [0.2, 0.25) is 0 Å². The highest BCUT2D eigenvalue weighted by molar-refractivity contribution is 6.12. The molecule has 5 aromatic rings. The van der Waals surface area contributed by atoms with E-state index in [9.17, 15) is 0 Å². The summed E-state index contributed by atoms with van der Waals surface area (Å²) in [5.41, 5.74) is 6.40. The standard InChI is InChI=1S/C24H15N/c1-3-10-21-18(7-1)19-8-2-4-11-22(19)25(21)23-15-14-17-13-12-16-6-5-9-20(23)24(16)17/h1-15H. The van der Waals surface area contributed by atoms with E-state index in [1.165, 1.54) is 49.4 Å². The van der Waals surface area contributed by atoms with E-state index in [-0.39, 0.29) is 0 Å². The molecule has 0 atom stereocenters. The van der Waals surface area contributed by atoms with Crippen molar-refractivity contribution in [3.8, 4) is 5.69 Å². The molecule has 0 fully saturated rings. The zero-order chi connectivity index (χ0) is 16.4. The van der Waals surface area contributed by atoms with E-state index in [0.29, 0.717) is 0 Å². The van der Waals surface area contributed by atoms with Gasteiger partial charge in [-0.15, -0.1) is 0 Å². The lowest BCUT2D eigenvalue weighted by atomic mass is 10.0. The normalized spacial score (nSPS) is 12.6. The number of hydrogen-bond donors (Lipinski definition) is 0. The van der Waals surface area contributed by atoms with Crippen molar-refractivity contribution < 1.29 is 0 Å². The summed E-state index contributed by atoms with van der Waals surface area (Å²) in [6, 6.07) is 28.5. The highest BCUT2D eigenvalue weighted by atomic mass is 15.0. The Morgan fingerprint density at radius 2 is 1.08 bits per heavy atom. The molecule has 25 heavy (non-hydrogen) atoms. The van der Waals surface area contributed by atoms with Crippen LogP contribution in [0.5, 0.6) is 0 Å². The lowest BCUT2D eigenvalue weighted by Crippen LogP contribution is -1.96. The molecule has 1 nitrogen and oxygen atoms in total. The highest BCUT2D eigenvalue weighted by Gasteiger charge is 2.16. The molecule has 1 aliphatic carbocycles. The third-order valence-corrected chi connectivity index (χ3v) is 5.35. The number of benzene rings is 4. The van der Waals surface area contributed by atoms with E-state index in [4.69, 9.17) is 0 Å². The second kappa shape index (κ2) is 4.61. The fraction of sp³-hybridized carbons (Fsp3) is 0. The highest BCUT2D eigenvalue weighted by Crippen LogP contribution is 2.38. The molecule has 1 heterocycles. The molecule has 0 unspecified atom stereocenters. The molecular formula is C24H15N. The number of fused-ring (bicyclic) bond motifs is 3. The molecule has 0 saturated heterocycles. The summed E-state index contributed by atoms with van der Waals surface area (Å²) >= 11 is 0. The van der Waals surface area contributed by atoms with Gasteiger partial charge in [-0.05, 0) is 34.7 Å². The van der Waals surface area contributed by atoms with Gasteiger partial charge in [0.2, 0.25) is 0 Å². The maximum atomic E-state index is 2.41. The third-order valence-electron chi connectivity index (χ3n) is 5.35. The number of aromatic nitrogens is 1. The molecule has 0 radical (unpaired) electrons. The summed E-state index contributed by atoms with van der Waals surface area (Å²) in [5.74, 6) is 0. The summed E-state index contributed by atoms with van der Waals surface area (Å²) < 4.78 is 2.41. The minimum Gasteiger partial charge on any atom is -0.309 e. The Morgan fingerprint density at radius 3 is 1.80 bits per heavy atom. The van der Waals surface area contributed by atoms with Gasteiger partial charge >= 0.3 is 0 Å². The molecule has 1 heteroatoms. The topological polar surface area (TPSA) is 4.93 Å². The largest absolute Gasteiger partial charge is 0.309 e. The van der Waals surface area contributed by atoms with Gasteiger partial charge < -0.3 is 4.57 Å². The van der Waals surface area contributed by atoms with E-state index < -0.39 is 0 Å². The van der Waals surface area contributed by atoms with Crippen LogP contribution >= 0.6 is 0 Å². The van der Waals surface area contributed by atoms with Gasteiger partial charge in [0, 0.05) is 16.2 Å². The van der Waals surface area contributed by atoms with E-state index in [2.05, 4.69) is 95.6 Å². The van der Waals surface area contributed by atoms with Gasteiger partial charge in [-0.3, -0.25) is 0 Å². The Bertz CT molecular complexity index is 1270. The Balaban J connectivity index is 1.85. The molecule has 0 aliphatic heterocycles. The Labute approximate surface area is 145 Å². The smallest absolute Gasteiger partial charge is 0.0541 e. The lowest BCUT2D eigenvalue weighted by molar-refractivity contribution is 1.20. The summed E-state index contributed by atoms with van der Waals surface area (Å²) in [7, 11) is 0. The molecule has 0 saturated carbocycles. The minimum absolute atomic E-state index is 1.25. The predicted octanol–water partition coefficient (Wildman–Crippen LogP) is 6.42. The Morgan fingerprint density at radius 1 is 0.480 bits per heavy atom. The van der Waals surface area contributed by atoms with Gasteiger partial charge in [0.1, 0.15) is 0 Å². The van der Waals surface area contributed by atoms with Crippen LogP contribution in [0.3, 0.4) is 0 Å². The predicted molar refractivity (Wildman–Crippen MR) is 107 cm³/mol. The lowest BCUT2D eigenvalue weighted by Gasteiger charge is -2.13. The van der Waals surface area contributed by atoms with Crippen molar-refractivity contribution in [2.24, 2.45) is 0 Å². The summed E-state index contributed by atoms with van der Waals surface area (Å²) in [6.07, 6.45) is 4.43. The van der Waals surface area contributed by atoms with E-state index >= 15 is 0 Å². The van der Waals surface area contributed by atoms with Gasteiger partial charge in [0.15, 0.2) is 0 Å². The number of para-hydroxylation sites is 2. The first-order chi connectivity index (χ1) is 12.4. The number of hydrogen-bond acceptors (Lipinski definition) is 0. The Kier molecular flexibility index (Phi) is 2.40. The Hall–Kier alpha value is -3.32. The zero-order valence-electron chi connectivity index (χ0n) is 13.6. The van der Waals surface area contributed by atoms with E-state index in [1.54, 1.807) is 0 Å². The summed E-state index contributed by atoms with van der Waals surface area (Å²) in [6.45, 7) is 0. The summed E-state index contributed by atoms with van der Waals surface area (Å²) in [5, 5.41) is 5.28. The molecule has 4 aromatic carbocycles. The molecule has 6 rings (SSSR count). The SMILES string of the molecule is C1=Cc2ccc(-n3c4ccccc4c4ccccc43)c3cccc1c23. The van der Waals surface area contributed by atoms with Crippen LogP contribution in [0.25, 0.3) is 50.4 Å². The molecule has 0 N–H and O–H groups in total. The average Bonchev–Trinajstić information content (AvgIpc) is 3.23. The van der Waals surface area contributed by atoms with Crippen LogP contribution in [-0.4, -0.2) is 4.57 Å². The second-order valence-corrected chi connectivity index (χ2v) is 6.65. The van der Waals surface area contributed by atoms with Crippen LogP contribution in [0, 0.1) is 0 Å². The van der Waals surface area contributed by atoms with Crippen molar-refractivity contribution >= 4 is 44.7 Å². The molecule has 1 aromatic heterocycles. The van der Waals surface area contributed by atoms with E-state index in [0.717, 1.165) is 0 Å². The molecule has 0 bridgehead atoms. The van der Waals surface area contributed by atoms with Crippen LogP contribution in [0.1, 0.15) is 11.1 Å². The quantitative estimate of drug-likeness (QED) is 0.330. The number of nitrogens with zero attached hydrogens (tertiary/aromatic N) is 1. The van der Waals surface area contributed by atoms with Gasteiger partial charge in [0.25, 0.3) is 0 Å². The van der Waals surface area contributed by atoms with E-state index in [1.807, 2.05) is 0 Å². The molecule has 0 amide bonds. The third kappa shape index (κ3) is 1.62. The fourth-order valence-electron chi connectivity index (χ4n) is 4.28. The van der Waals surface area contributed by atoms with Crippen LogP contribution in [-0.2, 0) is 0 Å². The maximum Gasteiger partial charge on any atom is 0.0541 e. The molecular weight excluding hydrogens is 302 g/mol. The van der Waals surface area contributed by atoms with Crippen molar-refractivity contribution in [1.82, 2.24) is 4.57 Å². The van der Waals surface area contributed by atoms with Crippen molar-refractivity contribution in [3.05, 3.63) is 90.0 Å². The van der Waals surface area contributed by atoms with Crippen LogP contribution in [0.4, 0.5) is 0 Å². The van der Waals surface area contributed by atoms with Crippen molar-refractivity contribution in [2.75, 3.05) is 0 Å². The molecule has 116 valence electrons. The average molecular weight is 317 g/mol. The first kappa shape index (κ1) is 13.0. The maximum absolute atomic E-state index is 2.41. The van der Waals surface area contributed by atoms with Crippen molar-refractivity contribution in [1.29, 1.82) is 0 Å². The van der Waals surface area contributed by atoms with Gasteiger partial charge in [0.05, 0.1) is 16.7 Å². The van der Waals surface area contributed by atoms with Gasteiger partial charge in [-0.25, -0.2) is 0 Å². The van der Waals surface area contributed by atoms with Gasteiger partial charge in [-0.1, -0.05) is 72.8 Å². The second-order valence-electron chi connectivity index (χ2n) is 6.65. The molecule has 0 spiro atoms. The first-order valence-corrected chi connectivity index (χ1v) is 8.64.